The highest BCUT2D eigenvalue weighted by atomic mass is 16.4. The van der Waals surface area contributed by atoms with Crippen molar-refractivity contribution in [1.29, 1.82) is 5.26 Å². The van der Waals surface area contributed by atoms with Gasteiger partial charge in [0.25, 0.3) is 0 Å². The molecular formula is C23H25N5O2. The van der Waals surface area contributed by atoms with Gasteiger partial charge in [0.05, 0.1) is 28.5 Å². The largest absolute Gasteiger partial charge is 0.478 e. The second-order valence-corrected chi connectivity index (χ2v) is 7.83. The summed E-state index contributed by atoms with van der Waals surface area (Å²) in [7, 11) is 0. The number of rotatable bonds is 6. The first-order valence-corrected chi connectivity index (χ1v) is 10.4. The Morgan fingerprint density at radius 1 is 1.33 bits per heavy atom. The lowest BCUT2D eigenvalue weighted by Gasteiger charge is -2.30. The van der Waals surface area contributed by atoms with Crippen LogP contribution in [0, 0.1) is 11.5 Å². The van der Waals surface area contributed by atoms with Crippen molar-refractivity contribution in [2.24, 2.45) is 0 Å². The molecule has 7 nitrogen and oxygen atoms in total. The van der Waals surface area contributed by atoms with Crippen LogP contribution in [0.2, 0.25) is 0 Å². The third-order valence-electron chi connectivity index (χ3n) is 5.80. The number of pyridine rings is 2. The number of hydrogen-bond acceptors (Lipinski definition) is 5. The van der Waals surface area contributed by atoms with Crippen LogP contribution in [0.1, 0.15) is 54.6 Å². The lowest BCUT2D eigenvalue weighted by molar-refractivity contribution is 0.0697. The quantitative estimate of drug-likeness (QED) is 0.618. The third-order valence-corrected chi connectivity index (χ3v) is 5.80. The molecule has 1 aliphatic heterocycles. The molecule has 1 atom stereocenters. The number of piperidine rings is 1. The van der Waals surface area contributed by atoms with Gasteiger partial charge in [-0.3, -0.25) is 9.97 Å². The number of aromatic carboxylic acids is 1. The number of aromatic nitrogens is 3. The van der Waals surface area contributed by atoms with Gasteiger partial charge in [0.1, 0.15) is 0 Å². The van der Waals surface area contributed by atoms with E-state index in [1.54, 1.807) is 6.07 Å². The summed E-state index contributed by atoms with van der Waals surface area (Å²) in [5.74, 6) is -0.983. The molecule has 1 aliphatic rings. The van der Waals surface area contributed by atoms with Gasteiger partial charge in [-0.15, -0.1) is 0 Å². The van der Waals surface area contributed by atoms with Crippen molar-refractivity contribution in [3.8, 4) is 17.6 Å². The van der Waals surface area contributed by atoms with Crippen molar-refractivity contribution in [3.05, 3.63) is 47.9 Å². The molecule has 4 heterocycles. The smallest absolute Gasteiger partial charge is 0.335 e. The van der Waals surface area contributed by atoms with E-state index in [4.69, 9.17) is 0 Å². The van der Waals surface area contributed by atoms with Crippen LogP contribution in [0.15, 0.2) is 36.8 Å². The van der Waals surface area contributed by atoms with Crippen LogP contribution in [0.4, 0.5) is 0 Å². The van der Waals surface area contributed by atoms with Crippen molar-refractivity contribution >= 4 is 16.9 Å². The van der Waals surface area contributed by atoms with Crippen LogP contribution in [0.5, 0.6) is 0 Å². The van der Waals surface area contributed by atoms with E-state index in [2.05, 4.69) is 33.8 Å². The fraction of sp³-hybridized carbons (Fsp3) is 0.391. The van der Waals surface area contributed by atoms with Crippen molar-refractivity contribution in [3.63, 3.8) is 0 Å². The van der Waals surface area contributed by atoms with Crippen LogP contribution < -0.4 is 0 Å². The predicted molar refractivity (Wildman–Crippen MR) is 114 cm³/mol. The molecule has 3 aromatic rings. The zero-order valence-corrected chi connectivity index (χ0v) is 17.1. The summed E-state index contributed by atoms with van der Waals surface area (Å²) < 4.78 is 2.29. The number of carboxylic acids is 1. The minimum Gasteiger partial charge on any atom is -0.478 e. The second kappa shape index (κ2) is 8.54. The fourth-order valence-electron chi connectivity index (χ4n) is 4.20. The summed E-state index contributed by atoms with van der Waals surface area (Å²) in [5, 5.41) is 19.8. The average molecular weight is 403 g/mol. The molecule has 3 aromatic heterocycles. The molecule has 0 saturated carbocycles. The monoisotopic (exact) mass is 403 g/mol. The molecule has 30 heavy (non-hydrogen) atoms. The van der Waals surface area contributed by atoms with E-state index < -0.39 is 5.97 Å². The molecule has 0 bridgehead atoms. The van der Waals surface area contributed by atoms with E-state index in [0.29, 0.717) is 17.9 Å². The molecule has 0 spiro atoms. The lowest BCUT2D eigenvalue weighted by atomic mass is 10.1. The Balaban J connectivity index is 1.80. The number of hydrogen-bond donors (Lipinski definition) is 1. The van der Waals surface area contributed by atoms with Gasteiger partial charge in [-0.1, -0.05) is 13.3 Å². The highest BCUT2D eigenvalue weighted by Crippen LogP contribution is 2.32. The normalized spacial score (nSPS) is 16.5. The highest BCUT2D eigenvalue weighted by Gasteiger charge is 2.23. The Labute approximate surface area is 175 Å². The zero-order chi connectivity index (χ0) is 21.1. The minimum atomic E-state index is -0.983. The molecule has 0 radical (unpaired) electrons. The maximum absolute atomic E-state index is 11.3. The van der Waals surface area contributed by atoms with Crippen molar-refractivity contribution in [1.82, 2.24) is 19.4 Å². The summed E-state index contributed by atoms with van der Waals surface area (Å²) in [6, 6.07) is 5.27. The molecule has 1 unspecified atom stereocenters. The number of unbranched alkanes of at least 4 members (excludes halogenated alkanes) is 1. The number of aryl methyl sites for hydroxylation is 1. The number of fused-ring (bicyclic) bond motifs is 1. The summed E-state index contributed by atoms with van der Waals surface area (Å²) in [6.07, 6.45) is 13.1. The van der Waals surface area contributed by atoms with E-state index >= 15 is 0 Å². The van der Waals surface area contributed by atoms with Gasteiger partial charge in [-0.2, -0.15) is 5.26 Å². The molecule has 1 fully saturated rings. The summed E-state index contributed by atoms with van der Waals surface area (Å²) in [5.41, 5.74) is 3.73. The number of carbonyl (C=O) groups is 1. The summed E-state index contributed by atoms with van der Waals surface area (Å²) in [4.78, 5) is 22.1. The first kappa shape index (κ1) is 19.9. The average Bonchev–Trinajstić information content (AvgIpc) is 3.15. The van der Waals surface area contributed by atoms with Crippen molar-refractivity contribution in [2.45, 2.75) is 45.1 Å². The number of carboxylic acid groups (broad SMARTS) is 1. The maximum atomic E-state index is 11.3. The Morgan fingerprint density at radius 2 is 2.17 bits per heavy atom. The van der Waals surface area contributed by atoms with Gasteiger partial charge in [0.2, 0.25) is 0 Å². The third kappa shape index (κ3) is 3.86. The van der Waals surface area contributed by atoms with E-state index in [0.717, 1.165) is 49.6 Å². The topological polar surface area (TPSA) is 95.0 Å². The Kier molecular flexibility index (Phi) is 5.66. The molecule has 4 rings (SSSR count). The summed E-state index contributed by atoms with van der Waals surface area (Å²) in [6.45, 7) is 3.70. The van der Waals surface area contributed by atoms with E-state index in [-0.39, 0.29) is 11.6 Å². The summed E-state index contributed by atoms with van der Waals surface area (Å²) >= 11 is 0. The molecule has 154 valence electrons. The van der Waals surface area contributed by atoms with Crippen LogP contribution in [-0.4, -0.2) is 43.6 Å². The van der Waals surface area contributed by atoms with Gasteiger partial charge in [0, 0.05) is 37.1 Å². The number of nitrogens with zero attached hydrogens (tertiary/aromatic N) is 5. The Bertz CT molecular complexity index is 1110. The van der Waals surface area contributed by atoms with Gasteiger partial charge < -0.3 is 14.6 Å². The molecule has 0 aromatic carbocycles. The van der Waals surface area contributed by atoms with Crippen molar-refractivity contribution in [2.75, 3.05) is 13.1 Å². The van der Waals surface area contributed by atoms with E-state index in [1.165, 1.54) is 17.8 Å². The SMILES string of the molecule is CCCCc1cn(C2CCCN(C#N)C2)c2cc(-c3cc(C(=O)O)ccn3)ncc12. The molecule has 7 heteroatoms. The van der Waals surface area contributed by atoms with Crippen LogP contribution >= 0.6 is 0 Å². The molecule has 1 N–H and O–H groups in total. The zero-order valence-electron chi connectivity index (χ0n) is 17.1. The molecule has 1 saturated heterocycles. The number of likely N-dealkylation sites (tertiary alicyclic amines) is 1. The Hall–Kier alpha value is -3.40. The van der Waals surface area contributed by atoms with Gasteiger partial charge >= 0.3 is 5.97 Å². The maximum Gasteiger partial charge on any atom is 0.335 e. The highest BCUT2D eigenvalue weighted by molar-refractivity contribution is 5.90. The Morgan fingerprint density at radius 3 is 2.93 bits per heavy atom. The standard InChI is InChI=1S/C23H25N5O2/c1-2-3-5-17-13-28(18-6-4-9-27(14-18)15-24)22-11-21(26-12-19(17)22)20-10-16(23(29)30)7-8-25-20/h7-8,10-13,18H,2-6,9,14H2,1H3,(H,29,30). The van der Waals surface area contributed by atoms with Crippen LogP contribution in [0.25, 0.3) is 22.3 Å². The van der Waals surface area contributed by atoms with Crippen LogP contribution in [-0.2, 0) is 6.42 Å². The first-order valence-electron chi connectivity index (χ1n) is 10.4. The fourth-order valence-corrected chi connectivity index (χ4v) is 4.20. The van der Waals surface area contributed by atoms with Crippen molar-refractivity contribution < 1.29 is 9.90 Å². The lowest BCUT2D eigenvalue weighted by Crippen LogP contribution is -2.33. The van der Waals surface area contributed by atoms with Crippen LogP contribution in [0.3, 0.4) is 0 Å². The van der Waals surface area contributed by atoms with E-state index in [1.807, 2.05) is 17.2 Å². The molecular weight excluding hydrogens is 378 g/mol. The predicted octanol–water partition coefficient (Wildman–Crippen LogP) is 4.26. The first-order chi connectivity index (χ1) is 14.6. The number of nitriles is 1. The van der Waals surface area contributed by atoms with E-state index in [9.17, 15) is 15.2 Å². The molecule has 0 aliphatic carbocycles. The van der Waals surface area contributed by atoms with Gasteiger partial charge in [-0.25, -0.2) is 4.79 Å². The minimum absolute atomic E-state index is 0.192. The second-order valence-electron chi connectivity index (χ2n) is 7.83. The van der Waals surface area contributed by atoms with Gasteiger partial charge in [-0.05, 0) is 49.4 Å². The molecule has 0 amide bonds. The van der Waals surface area contributed by atoms with Gasteiger partial charge in [0.15, 0.2) is 6.19 Å².